The predicted molar refractivity (Wildman–Crippen MR) is 121 cm³/mol. The first-order valence-electron chi connectivity index (χ1n) is 10.1. The second-order valence-electron chi connectivity index (χ2n) is 6.73. The summed E-state index contributed by atoms with van der Waals surface area (Å²) in [5, 5.41) is 7.20. The van der Waals surface area contributed by atoms with Gasteiger partial charge < -0.3 is 15.0 Å². The summed E-state index contributed by atoms with van der Waals surface area (Å²) in [7, 11) is 1.60. The number of aromatic nitrogens is 2. The van der Waals surface area contributed by atoms with Crippen LogP contribution in [0, 0.1) is 0 Å². The number of carbonyl (C=O) groups excluding carboxylic acids is 2. The maximum Gasteiger partial charge on any atom is 0.259 e. The molecule has 0 fully saturated rings. The molecule has 7 nitrogen and oxygen atoms in total. The second kappa shape index (κ2) is 10.2. The van der Waals surface area contributed by atoms with E-state index in [4.69, 9.17) is 4.74 Å². The van der Waals surface area contributed by atoms with Gasteiger partial charge in [-0.2, -0.15) is 5.10 Å². The fourth-order valence-electron chi connectivity index (χ4n) is 3.12. The summed E-state index contributed by atoms with van der Waals surface area (Å²) in [6.45, 7) is 4.96. The van der Waals surface area contributed by atoms with E-state index in [2.05, 4.69) is 10.4 Å². The number of amides is 2. The van der Waals surface area contributed by atoms with Crippen LogP contribution < -0.4 is 10.1 Å². The highest BCUT2D eigenvalue weighted by Crippen LogP contribution is 2.22. The SMILES string of the molecule is CCN(CC)C(=O)c1cnn(-c2ccccc2)c1NC(=O)/C=C/c1ccc(OC)cc1. The van der Waals surface area contributed by atoms with Gasteiger partial charge in [-0.3, -0.25) is 9.59 Å². The molecule has 7 heteroatoms. The Morgan fingerprint density at radius 3 is 2.35 bits per heavy atom. The van der Waals surface area contributed by atoms with Gasteiger partial charge in [0.25, 0.3) is 5.91 Å². The fourth-order valence-corrected chi connectivity index (χ4v) is 3.12. The minimum absolute atomic E-state index is 0.179. The third-order valence-electron chi connectivity index (χ3n) is 4.84. The van der Waals surface area contributed by atoms with E-state index in [9.17, 15) is 9.59 Å². The molecule has 0 aliphatic heterocycles. The van der Waals surface area contributed by atoms with Crippen molar-refractivity contribution < 1.29 is 14.3 Å². The number of methoxy groups -OCH3 is 1. The fraction of sp³-hybridized carbons (Fsp3) is 0.208. The Labute approximate surface area is 181 Å². The van der Waals surface area contributed by atoms with E-state index in [1.54, 1.807) is 22.8 Å². The number of para-hydroxylation sites is 1. The van der Waals surface area contributed by atoms with Crippen LogP contribution in [0.5, 0.6) is 5.75 Å². The van der Waals surface area contributed by atoms with E-state index in [1.807, 2.05) is 68.4 Å². The molecule has 0 unspecified atom stereocenters. The molecule has 0 spiro atoms. The number of hydrogen-bond acceptors (Lipinski definition) is 4. The van der Waals surface area contributed by atoms with Crippen LogP contribution in [0.3, 0.4) is 0 Å². The van der Waals surface area contributed by atoms with E-state index >= 15 is 0 Å². The number of rotatable bonds is 8. The average Bonchev–Trinajstić information content (AvgIpc) is 3.22. The maximum atomic E-state index is 13.0. The van der Waals surface area contributed by atoms with Crippen LogP contribution in [0.2, 0.25) is 0 Å². The van der Waals surface area contributed by atoms with Crippen LogP contribution in [0.25, 0.3) is 11.8 Å². The van der Waals surface area contributed by atoms with Crippen LogP contribution >= 0.6 is 0 Å². The maximum absolute atomic E-state index is 13.0. The molecule has 2 aromatic carbocycles. The van der Waals surface area contributed by atoms with Crippen LogP contribution in [0.1, 0.15) is 29.8 Å². The van der Waals surface area contributed by atoms with Crippen molar-refractivity contribution in [2.45, 2.75) is 13.8 Å². The van der Waals surface area contributed by atoms with Crippen LogP contribution in [0.15, 0.2) is 66.9 Å². The summed E-state index contributed by atoms with van der Waals surface area (Å²) in [6, 6.07) is 16.7. The lowest BCUT2D eigenvalue weighted by Crippen LogP contribution is -2.31. The normalized spacial score (nSPS) is 10.8. The number of anilines is 1. The molecule has 0 bridgehead atoms. The highest BCUT2D eigenvalue weighted by molar-refractivity contribution is 6.07. The van der Waals surface area contributed by atoms with Crippen molar-refractivity contribution in [1.82, 2.24) is 14.7 Å². The molecule has 0 aliphatic rings. The molecular weight excluding hydrogens is 392 g/mol. The van der Waals surface area contributed by atoms with E-state index in [0.29, 0.717) is 24.5 Å². The number of nitrogens with zero attached hydrogens (tertiary/aromatic N) is 3. The average molecular weight is 418 g/mol. The molecule has 1 heterocycles. The largest absolute Gasteiger partial charge is 0.497 e. The van der Waals surface area contributed by atoms with Crippen molar-refractivity contribution in [3.05, 3.63) is 78.0 Å². The van der Waals surface area contributed by atoms with E-state index in [1.165, 1.54) is 12.3 Å². The van der Waals surface area contributed by atoms with Gasteiger partial charge in [0.15, 0.2) is 0 Å². The summed E-state index contributed by atoms with van der Waals surface area (Å²) in [5.74, 6) is 0.545. The predicted octanol–water partition coefficient (Wildman–Crippen LogP) is 4.01. The van der Waals surface area contributed by atoms with Gasteiger partial charge in [-0.05, 0) is 49.8 Å². The minimum Gasteiger partial charge on any atom is -0.497 e. The number of ether oxygens (including phenoxy) is 1. The zero-order chi connectivity index (χ0) is 22.2. The zero-order valence-corrected chi connectivity index (χ0v) is 17.9. The van der Waals surface area contributed by atoms with Gasteiger partial charge in [0.05, 0.1) is 19.0 Å². The standard InChI is InChI=1S/C24H26N4O3/c1-4-27(5-2)24(30)21-17-25-28(19-9-7-6-8-10-19)23(21)26-22(29)16-13-18-11-14-20(31-3)15-12-18/h6-17H,4-5H2,1-3H3,(H,26,29)/b16-13+. The van der Waals surface area contributed by atoms with Crippen molar-refractivity contribution in [3.8, 4) is 11.4 Å². The van der Waals surface area contributed by atoms with Gasteiger partial charge in [0, 0.05) is 19.2 Å². The van der Waals surface area contributed by atoms with Gasteiger partial charge in [0.2, 0.25) is 5.91 Å². The molecule has 31 heavy (non-hydrogen) atoms. The first-order chi connectivity index (χ1) is 15.1. The molecule has 1 aromatic heterocycles. The zero-order valence-electron chi connectivity index (χ0n) is 17.9. The molecule has 0 atom stereocenters. The monoisotopic (exact) mass is 418 g/mol. The minimum atomic E-state index is -0.359. The van der Waals surface area contributed by atoms with E-state index in [0.717, 1.165) is 17.0 Å². The summed E-state index contributed by atoms with van der Waals surface area (Å²) >= 11 is 0. The van der Waals surface area contributed by atoms with Crippen molar-refractivity contribution in [1.29, 1.82) is 0 Å². The molecule has 0 saturated carbocycles. The van der Waals surface area contributed by atoms with E-state index in [-0.39, 0.29) is 11.8 Å². The smallest absolute Gasteiger partial charge is 0.259 e. The molecule has 3 rings (SSSR count). The quantitative estimate of drug-likeness (QED) is 0.561. The third kappa shape index (κ3) is 5.19. The van der Waals surface area contributed by atoms with Crippen molar-refractivity contribution in [3.63, 3.8) is 0 Å². The lowest BCUT2D eigenvalue weighted by atomic mass is 10.2. The van der Waals surface area contributed by atoms with Gasteiger partial charge in [0.1, 0.15) is 17.1 Å². The van der Waals surface area contributed by atoms with Crippen molar-refractivity contribution in [2.75, 3.05) is 25.5 Å². The molecule has 3 aromatic rings. The molecule has 160 valence electrons. The lowest BCUT2D eigenvalue weighted by molar-refractivity contribution is -0.111. The summed E-state index contributed by atoms with van der Waals surface area (Å²) in [6.07, 6.45) is 4.62. The van der Waals surface area contributed by atoms with Gasteiger partial charge in [-0.15, -0.1) is 0 Å². The summed E-state index contributed by atoms with van der Waals surface area (Å²) in [5.41, 5.74) is 1.95. The number of benzene rings is 2. The van der Waals surface area contributed by atoms with Crippen molar-refractivity contribution in [2.24, 2.45) is 0 Å². The van der Waals surface area contributed by atoms with E-state index < -0.39 is 0 Å². The second-order valence-corrected chi connectivity index (χ2v) is 6.73. The Kier molecular flexibility index (Phi) is 7.22. The topological polar surface area (TPSA) is 76.5 Å². The number of hydrogen-bond donors (Lipinski definition) is 1. The first kappa shape index (κ1) is 21.8. The summed E-state index contributed by atoms with van der Waals surface area (Å²) < 4.78 is 6.71. The molecule has 2 amide bonds. The number of carbonyl (C=O) groups is 2. The molecule has 0 saturated heterocycles. The highest BCUT2D eigenvalue weighted by Gasteiger charge is 2.23. The van der Waals surface area contributed by atoms with Crippen LogP contribution in [0.4, 0.5) is 5.82 Å². The first-order valence-corrected chi connectivity index (χ1v) is 10.1. The van der Waals surface area contributed by atoms with Gasteiger partial charge in [-0.1, -0.05) is 30.3 Å². The number of nitrogens with one attached hydrogen (secondary N) is 1. The summed E-state index contributed by atoms with van der Waals surface area (Å²) in [4.78, 5) is 27.4. The molecule has 0 aliphatic carbocycles. The van der Waals surface area contributed by atoms with Gasteiger partial charge in [-0.25, -0.2) is 4.68 Å². The Morgan fingerprint density at radius 1 is 1.06 bits per heavy atom. The van der Waals surface area contributed by atoms with Crippen LogP contribution in [-0.2, 0) is 4.79 Å². The Bertz CT molecular complexity index is 1050. The molecule has 0 radical (unpaired) electrons. The lowest BCUT2D eigenvalue weighted by Gasteiger charge is -2.19. The highest BCUT2D eigenvalue weighted by atomic mass is 16.5. The third-order valence-corrected chi connectivity index (χ3v) is 4.84. The Balaban J connectivity index is 1.89. The Morgan fingerprint density at radius 2 is 1.74 bits per heavy atom. The van der Waals surface area contributed by atoms with Crippen LogP contribution in [-0.4, -0.2) is 46.7 Å². The Hall–Kier alpha value is -3.87. The molecule has 1 N–H and O–H groups in total. The van der Waals surface area contributed by atoms with Crippen molar-refractivity contribution >= 4 is 23.7 Å². The molecular formula is C24H26N4O3. The van der Waals surface area contributed by atoms with Gasteiger partial charge >= 0.3 is 0 Å².